The number of benzene rings is 2. The van der Waals surface area contributed by atoms with Crippen LogP contribution in [0.3, 0.4) is 0 Å². The lowest BCUT2D eigenvalue weighted by Gasteiger charge is -2.08. The Morgan fingerprint density at radius 2 is 1.79 bits per heavy atom. The Hall–Kier alpha value is -4.18. The summed E-state index contributed by atoms with van der Waals surface area (Å²) in [4.78, 5) is 28.2. The van der Waals surface area contributed by atoms with Gasteiger partial charge in [0.25, 0.3) is 5.91 Å². The number of H-pyrrole nitrogens is 1. The first-order valence-corrected chi connectivity index (χ1v) is 8.36. The van der Waals surface area contributed by atoms with Crippen molar-refractivity contribution in [3.8, 4) is 12.3 Å². The monoisotopic (exact) mass is 370 g/mol. The third-order valence-electron chi connectivity index (χ3n) is 4.35. The molecule has 1 amide bonds. The van der Waals surface area contributed by atoms with Crippen molar-refractivity contribution in [1.82, 2.24) is 15.2 Å². The maximum atomic E-state index is 12.9. The van der Waals surface area contributed by atoms with E-state index in [1.54, 1.807) is 24.3 Å². The number of rotatable bonds is 3. The Morgan fingerprint density at radius 3 is 2.57 bits per heavy atom. The van der Waals surface area contributed by atoms with E-state index >= 15 is 0 Å². The van der Waals surface area contributed by atoms with Gasteiger partial charge in [0.05, 0.1) is 18.3 Å². The topological polar surface area (TPSA) is 97.0 Å². The molecule has 0 saturated heterocycles. The van der Waals surface area contributed by atoms with Gasteiger partial charge in [0.1, 0.15) is 0 Å². The van der Waals surface area contributed by atoms with Crippen molar-refractivity contribution in [2.24, 2.45) is 0 Å². The van der Waals surface area contributed by atoms with E-state index in [-0.39, 0.29) is 11.4 Å². The number of aromatic amines is 1. The van der Waals surface area contributed by atoms with Crippen LogP contribution in [0.4, 0.5) is 5.69 Å². The second kappa shape index (κ2) is 6.85. The Balaban J connectivity index is 1.90. The third kappa shape index (κ3) is 2.73. The highest BCUT2D eigenvalue weighted by Crippen LogP contribution is 2.29. The van der Waals surface area contributed by atoms with Crippen LogP contribution in [0.1, 0.15) is 26.5 Å². The van der Waals surface area contributed by atoms with E-state index in [9.17, 15) is 9.59 Å². The number of amides is 1. The molecule has 28 heavy (non-hydrogen) atoms. The molecule has 2 heterocycles. The SMILES string of the molecule is C#Cc1ccccc1NC(=O)c1nnc(C(=O)OC)c2c1[nH]c1ccccc12. The fourth-order valence-electron chi connectivity index (χ4n) is 3.06. The molecule has 2 aromatic carbocycles. The van der Waals surface area contributed by atoms with Gasteiger partial charge < -0.3 is 15.0 Å². The maximum absolute atomic E-state index is 12.9. The van der Waals surface area contributed by atoms with Crippen molar-refractivity contribution in [2.45, 2.75) is 0 Å². The summed E-state index contributed by atoms with van der Waals surface area (Å²) in [5.41, 5.74) is 2.25. The van der Waals surface area contributed by atoms with Gasteiger partial charge in [-0.1, -0.05) is 36.3 Å². The van der Waals surface area contributed by atoms with Gasteiger partial charge in [0, 0.05) is 21.9 Å². The van der Waals surface area contributed by atoms with Gasteiger partial charge in [-0.05, 0) is 18.2 Å². The van der Waals surface area contributed by atoms with E-state index in [1.807, 2.05) is 24.3 Å². The van der Waals surface area contributed by atoms with Crippen LogP contribution in [0, 0.1) is 12.3 Å². The summed E-state index contributed by atoms with van der Waals surface area (Å²) >= 11 is 0. The zero-order valence-electron chi connectivity index (χ0n) is 14.8. The second-order valence-corrected chi connectivity index (χ2v) is 5.95. The molecule has 0 saturated carbocycles. The number of terminal acetylenes is 1. The number of hydrogen-bond donors (Lipinski definition) is 2. The highest BCUT2D eigenvalue weighted by molar-refractivity contribution is 6.21. The van der Waals surface area contributed by atoms with E-state index in [0.29, 0.717) is 22.2 Å². The summed E-state index contributed by atoms with van der Waals surface area (Å²) < 4.78 is 4.81. The summed E-state index contributed by atoms with van der Waals surface area (Å²) in [7, 11) is 1.27. The van der Waals surface area contributed by atoms with Gasteiger partial charge in [-0.2, -0.15) is 0 Å². The molecule has 0 unspecified atom stereocenters. The number of anilines is 1. The highest BCUT2D eigenvalue weighted by atomic mass is 16.5. The van der Waals surface area contributed by atoms with E-state index in [2.05, 4.69) is 26.4 Å². The number of nitrogens with one attached hydrogen (secondary N) is 2. The van der Waals surface area contributed by atoms with Crippen LogP contribution in [-0.4, -0.2) is 34.2 Å². The smallest absolute Gasteiger partial charge is 0.359 e. The molecule has 0 radical (unpaired) electrons. The molecule has 7 heteroatoms. The predicted molar refractivity (Wildman–Crippen MR) is 105 cm³/mol. The molecule has 4 aromatic rings. The third-order valence-corrected chi connectivity index (χ3v) is 4.35. The minimum atomic E-state index is -0.633. The Kier molecular flexibility index (Phi) is 4.22. The first-order chi connectivity index (χ1) is 13.6. The number of nitrogens with zero attached hydrogens (tertiary/aromatic N) is 2. The van der Waals surface area contributed by atoms with Gasteiger partial charge in [0.15, 0.2) is 11.4 Å². The van der Waals surface area contributed by atoms with Crippen LogP contribution in [0.15, 0.2) is 48.5 Å². The molecule has 0 aliphatic heterocycles. The van der Waals surface area contributed by atoms with Crippen LogP contribution < -0.4 is 5.32 Å². The lowest BCUT2D eigenvalue weighted by molar-refractivity contribution is 0.0595. The summed E-state index contributed by atoms with van der Waals surface area (Å²) in [5.74, 6) is 1.39. The largest absolute Gasteiger partial charge is 0.464 e. The molecular weight excluding hydrogens is 356 g/mol. The molecule has 2 aromatic heterocycles. The summed E-state index contributed by atoms with van der Waals surface area (Å²) in [5, 5.41) is 11.9. The number of ether oxygens (including phenoxy) is 1. The van der Waals surface area contributed by atoms with E-state index in [4.69, 9.17) is 11.2 Å². The minimum absolute atomic E-state index is 0.0375. The molecule has 0 spiro atoms. The lowest BCUT2D eigenvalue weighted by Crippen LogP contribution is -2.17. The molecule has 136 valence electrons. The molecule has 2 N–H and O–H groups in total. The first-order valence-electron chi connectivity index (χ1n) is 8.36. The minimum Gasteiger partial charge on any atom is -0.464 e. The lowest BCUT2D eigenvalue weighted by atomic mass is 10.1. The number of para-hydroxylation sites is 2. The van der Waals surface area contributed by atoms with Gasteiger partial charge in [-0.3, -0.25) is 4.79 Å². The molecule has 0 aliphatic carbocycles. The first kappa shape index (κ1) is 17.2. The van der Waals surface area contributed by atoms with Crippen molar-refractivity contribution in [3.05, 3.63) is 65.5 Å². The number of carbonyl (C=O) groups excluding carboxylic acids is 2. The fourth-order valence-corrected chi connectivity index (χ4v) is 3.06. The van der Waals surface area contributed by atoms with E-state index < -0.39 is 11.9 Å². The quantitative estimate of drug-likeness (QED) is 0.427. The van der Waals surface area contributed by atoms with Crippen molar-refractivity contribution < 1.29 is 14.3 Å². The fraction of sp³-hybridized carbons (Fsp3) is 0.0476. The van der Waals surface area contributed by atoms with E-state index in [0.717, 1.165) is 10.9 Å². The highest BCUT2D eigenvalue weighted by Gasteiger charge is 2.23. The summed E-state index contributed by atoms with van der Waals surface area (Å²) in [6, 6.07) is 14.3. The summed E-state index contributed by atoms with van der Waals surface area (Å²) in [6.45, 7) is 0. The van der Waals surface area contributed by atoms with Gasteiger partial charge in [-0.15, -0.1) is 16.6 Å². The van der Waals surface area contributed by atoms with Crippen LogP contribution >= 0.6 is 0 Å². The number of methoxy groups -OCH3 is 1. The average Bonchev–Trinajstić information content (AvgIpc) is 3.12. The number of aromatic nitrogens is 3. The molecular formula is C21H14N4O3. The van der Waals surface area contributed by atoms with Gasteiger partial charge in [0.2, 0.25) is 0 Å². The zero-order valence-corrected chi connectivity index (χ0v) is 14.8. The number of esters is 1. The van der Waals surface area contributed by atoms with Crippen molar-refractivity contribution in [3.63, 3.8) is 0 Å². The normalized spacial score (nSPS) is 10.6. The van der Waals surface area contributed by atoms with Gasteiger partial charge in [-0.25, -0.2) is 4.79 Å². The summed E-state index contributed by atoms with van der Waals surface area (Å²) in [6.07, 6.45) is 5.49. The molecule has 0 fully saturated rings. The average molecular weight is 370 g/mol. The Labute approximate surface area is 159 Å². The van der Waals surface area contributed by atoms with Crippen LogP contribution in [0.5, 0.6) is 0 Å². The molecule has 0 aliphatic rings. The van der Waals surface area contributed by atoms with Crippen molar-refractivity contribution in [1.29, 1.82) is 0 Å². The zero-order chi connectivity index (χ0) is 19.7. The number of carbonyl (C=O) groups is 2. The Bertz CT molecular complexity index is 1280. The predicted octanol–water partition coefficient (Wildman–Crippen LogP) is 3.13. The number of hydrogen-bond acceptors (Lipinski definition) is 5. The Morgan fingerprint density at radius 1 is 1.07 bits per heavy atom. The van der Waals surface area contributed by atoms with Crippen LogP contribution in [0.25, 0.3) is 21.8 Å². The second-order valence-electron chi connectivity index (χ2n) is 5.95. The number of fused-ring (bicyclic) bond motifs is 3. The van der Waals surface area contributed by atoms with Crippen LogP contribution in [-0.2, 0) is 4.74 Å². The maximum Gasteiger partial charge on any atom is 0.359 e. The van der Waals surface area contributed by atoms with E-state index in [1.165, 1.54) is 7.11 Å². The van der Waals surface area contributed by atoms with Gasteiger partial charge >= 0.3 is 5.97 Å². The van der Waals surface area contributed by atoms with Crippen LogP contribution in [0.2, 0.25) is 0 Å². The van der Waals surface area contributed by atoms with Crippen molar-refractivity contribution >= 4 is 39.4 Å². The molecule has 4 rings (SSSR count). The standard InChI is InChI=1S/C21H14N4O3/c1-3-12-8-4-6-10-14(12)23-20(26)19-17-16(18(24-25-19)21(27)28-2)13-9-5-7-11-15(13)22-17/h1,4-11,22H,2H3,(H,23,26). The molecule has 7 nitrogen and oxygen atoms in total. The molecule has 0 atom stereocenters. The molecule has 0 bridgehead atoms. The van der Waals surface area contributed by atoms with Crippen molar-refractivity contribution in [2.75, 3.05) is 12.4 Å².